The fourth-order valence-corrected chi connectivity index (χ4v) is 3.24. The van der Waals surface area contributed by atoms with Gasteiger partial charge in [0.1, 0.15) is 0 Å². The van der Waals surface area contributed by atoms with Gasteiger partial charge in [0, 0.05) is 24.7 Å². The predicted molar refractivity (Wildman–Crippen MR) is 107 cm³/mol. The van der Waals surface area contributed by atoms with Crippen molar-refractivity contribution in [3.63, 3.8) is 0 Å². The molecular weight excluding hydrogens is 326 g/mol. The monoisotopic (exact) mass is 359 g/mol. The van der Waals surface area contributed by atoms with Crippen molar-refractivity contribution in [3.05, 3.63) is 35.4 Å². The molecule has 1 atom stereocenters. The van der Waals surface area contributed by atoms with Crippen LogP contribution in [-0.4, -0.2) is 49.0 Å². The third-order valence-corrected chi connectivity index (χ3v) is 4.89. The van der Waals surface area contributed by atoms with E-state index < -0.39 is 0 Å². The topological polar surface area (TPSA) is 82.8 Å². The van der Waals surface area contributed by atoms with Crippen LogP contribution < -0.4 is 16.4 Å². The zero-order valence-corrected chi connectivity index (χ0v) is 16.1. The molecule has 1 aromatic rings. The van der Waals surface area contributed by atoms with Gasteiger partial charge in [0.2, 0.25) is 0 Å². The normalized spacial score (nSPS) is 18.1. The molecule has 0 aromatic heterocycles. The summed E-state index contributed by atoms with van der Waals surface area (Å²) in [5.74, 6) is 0.459. The lowest BCUT2D eigenvalue weighted by Gasteiger charge is -2.23. The van der Waals surface area contributed by atoms with Gasteiger partial charge in [-0.1, -0.05) is 32.4 Å². The second-order valence-electron chi connectivity index (χ2n) is 6.81. The first-order chi connectivity index (χ1) is 12.6. The van der Waals surface area contributed by atoms with Gasteiger partial charge in [-0.05, 0) is 50.0 Å². The van der Waals surface area contributed by atoms with Crippen molar-refractivity contribution in [3.8, 4) is 0 Å². The van der Waals surface area contributed by atoms with E-state index >= 15 is 0 Å². The fraction of sp³-hybridized carbons (Fsp3) is 0.600. The first kappa shape index (κ1) is 20.2. The van der Waals surface area contributed by atoms with E-state index in [1.54, 1.807) is 0 Å². The molecule has 4 N–H and O–H groups in total. The number of likely N-dealkylation sites (tertiary alicyclic amines) is 1. The summed E-state index contributed by atoms with van der Waals surface area (Å²) in [6.45, 7) is 8.65. The molecule has 2 rings (SSSR count). The highest BCUT2D eigenvalue weighted by atomic mass is 16.1. The first-order valence-corrected chi connectivity index (χ1v) is 9.79. The van der Waals surface area contributed by atoms with Gasteiger partial charge in [-0.25, -0.2) is 4.99 Å². The molecule has 0 saturated carbocycles. The number of nitrogens with two attached hydrogens (primary N) is 1. The van der Waals surface area contributed by atoms with E-state index in [4.69, 9.17) is 5.73 Å². The molecule has 0 bridgehead atoms. The summed E-state index contributed by atoms with van der Waals surface area (Å²) < 4.78 is 0. The Labute approximate surface area is 157 Å². The summed E-state index contributed by atoms with van der Waals surface area (Å²) >= 11 is 0. The molecule has 0 aliphatic carbocycles. The summed E-state index contributed by atoms with van der Waals surface area (Å²) in [6, 6.07) is 8.10. The quantitative estimate of drug-likeness (QED) is 0.358. The summed E-state index contributed by atoms with van der Waals surface area (Å²) in [5, 5.41) is 6.16. The Hall–Kier alpha value is -2.08. The van der Waals surface area contributed by atoms with E-state index in [1.165, 1.54) is 19.4 Å². The van der Waals surface area contributed by atoms with Crippen LogP contribution in [0.15, 0.2) is 29.3 Å². The highest BCUT2D eigenvalue weighted by Gasteiger charge is 2.22. The van der Waals surface area contributed by atoms with Gasteiger partial charge >= 0.3 is 0 Å². The maximum atomic E-state index is 12.0. The molecule has 6 heteroatoms. The van der Waals surface area contributed by atoms with Crippen molar-refractivity contribution in [2.45, 2.75) is 52.1 Å². The Morgan fingerprint density at radius 1 is 1.27 bits per heavy atom. The van der Waals surface area contributed by atoms with Crippen LogP contribution in [0.25, 0.3) is 0 Å². The average Bonchev–Trinajstić information content (AvgIpc) is 3.13. The predicted octanol–water partition coefficient (Wildman–Crippen LogP) is 2.11. The van der Waals surface area contributed by atoms with Crippen LogP contribution in [0.1, 0.15) is 55.5 Å². The highest BCUT2D eigenvalue weighted by Crippen LogP contribution is 2.15. The van der Waals surface area contributed by atoms with Crippen LogP contribution in [0.2, 0.25) is 0 Å². The molecular formula is C20H33N5O. The molecule has 26 heavy (non-hydrogen) atoms. The van der Waals surface area contributed by atoms with Gasteiger partial charge in [0.25, 0.3) is 5.91 Å². The van der Waals surface area contributed by atoms with Crippen LogP contribution in [0.5, 0.6) is 0 Å². The number of hydrogen-bond donors (Lipinski definition) is 3. The van der Waals surface area contributed by atoms with Gasteiger partial charge in [-0.15, -0.1) is 0 Å². The number of carbonyl (C=O) groups excluding carboxylic acids is 1. The number of likely N-dealkylation sites (N-methyl/N-ethyl adjacent to an activating group) is 1. The Bertz CT molecular complexity index is 584. The third kappa shape index (κ3) is 6.33. The number of guanidine groups is 1. The van der Waals surface area contributed by atoms with Crippen molar-refractivity contribution in [2.75, 3.05) is 26.2 Å². The SMILES string of the molecule is CCCCNC(=O)c1ccc(CN=C(N)NCC2CCCN2CC)cc1. The Balaban J connectivity index is 1.77. The van der Waals surface area contributed by atoms with Crippen LogP contribution in [0.4, 0.5) is 0 Å². The second kappa shape index (κ2) is 10.8. The van der Waals surface area contributed by atoms with Crippen LogP contribution in [0, 0.1) is 0 Å². The standard InChI is InChI=1S/C20H33N5O/c1-3-5-12-22-19(26)17-10-8-16(9-11-17)14-23-20(21)24-15-18-7-6-13-25(18)4-2/h8-11,18H,3-7,12-15H2,1-2H3,(H,22,26)(H3,21,23,24). The summed E-state index contributed by atoms with van der Waals surface area (Å²) in [7, 11) is 0. The number of benzene rings is 1. The Kier molecular flexibility index (Phi) is 8.41. The number of nitrogens with zero attached hydrogens (tertiary/aromatic N) is 2. The lowest BCUT2D eigenvalue weighted by Crippen LogP contribution is -2.42. The minimum Gasteiger partial charge on any atom is -0.370 e. The van der Waals surface area contributed by atoms with Crippen molar-refractivity contribution >= 4 is 11.9 Å². The molecule has 1 aliphatic rings. The molecule has 6 nitrogen and oxygen atoms in total. The number of nitrogens with one attached hydrogen (secondary N) is 2. The molecule has 0 spiro atoms. The molecule has 1 heterocycles. The zero-order valence-electron chi connectivity index (χ0n) is 16.1. The summed E-state index contributed by atoms with van der Waals surface area (Å²) in [5.41, 5.74) is 7.71. The number of carbonyl (C=O) groups is 1. The van der Waals surface area contributed by atoms with E-state index in [2.05, 4.69) is 34.4 Å². The largest absolute Gasteiger partial charge is 0.370 e. The summed E-state index contributed by atoms with van der Waals surface area (Å²) in [6.07, 6.45) is 4.55. The van der Waals surface area contributed by atoms with Crippen molar-refractivity contribution in [1.82, 2.24) is 15.5 Å². The maximum absolute atomic E-state index is 12.0. The maximum Gasteiger partial charge on any atom is 0.251 e. The van der Waals surface area contributed by atoms with Gasteiger partial charge < -0.3 is 16.4 Å². The fourth-order valence-electron chi connectivity index (χ4n) is 3.24. The van der Waals surface area contributed by atoms with E-state index in [9.17, 15) is 4.79 Å². The van der Waals surface area contributed by atoms with Gasteiger partial charge in [-0.2, -0.15) is 0 Å². The van der Waals surface area contributed by atoms with Crippen molar-refractivity contribution < 1.29 is 4.79 Å². The number of hydrogen-bond acceptors (Lipinski definition) is 3. The van der Waals surface area contributed by atoms with Crippen molar-refractivity contribution in [1.29, 1.82) is 0 Å². The lowest BCUT2D eigenvalue weighted by atomic mass is 10.1. The molecule has 1 aromatic carbocycles. The average molecular weight is 360 g/mol. The highest BCUT2D eigenvalue weighted by molar-refractivity contribution is 5.94. The molecule has 1 saturated heterocycles. The van der Waals surface area contributed by atoms with E-state index in [-0.39, 0.29) is 5.91 Å². The lowest BCUT2D eigenvalue weighted by molar-refractivity contribution is 0.0953. The molecule has 1 aliphatic heterocycles. The first-order valence-electron chi connectivity index (χ1n) is 9.79. The molecule has 1 unspecified atom stereocenters. The van der Waals surface area contributed by atoms with Crippen LogP contribution >= 0.6 is 0 Å². The van der Waals surface area contributed by atoms with Crippen molar-refractivity contribution in [2.24, 2.45) is 10.7 Å². The second-order valence-corrected chi connectivity index (χ2v) is 6.81. The Morgan fingerprint density at radius 3 is 2.73 bits per heavy atom. The van der Waals surface area contributed by atoms with Gasteiger partial charge in [0.05, 0.1) is 6.54 Å². The zero-order chi connectivity index (χ0) is 18.8. The van der Waals surface area contributed by atoms with E-state index in [0.29, 0.717) is 24.1 Å². The minimum atomic E-state index is -0.0216. The molecule has 0 radical (unpaired) electrons. The minimum absolute atomic E-state index is 0.0216. The van der Waals surface area contributed by atoms with Crippen LogP contribution in [0.3, 0.4) is 0 Å². The van der Waals surface area contributed by atoms with Gasteiger partial charge in [0.15, 0.2) is 5.96 Å². The number of rotatable bonds is 9. The number of unbranched alkanes of at least 4 members (excludes halogenated alkanes) is 1. The third-order valence-electron chi connectivity index (χ3n) is 4.89. The smallest absolute Gasteiger partial charge is 0.251 e. The summed E-state index contributed by atoms with van der Waals surface area (Å²) in [4.78, 5) is 18.9. The number of amides is 1. The van der Waals surface area contributed by atoms with Crippen LogP contribution in [-0.2, 0) is 6.54 Å². The van der Waals surface area contributed by atoms with E-state index in [0.717, 1.165) is 38.0 Å². The van der Waals surface area contributed by atoms with Gasteiger partial charge in [-0.3, -0.25) is 9.69 Å². The van der Waals surface area contributed by atoms with E-state index in [1.807, 2.05) is 24.3 Å². The molecule has 1 fully saturated rings. The molecule has 144 valence electrons. The Morgan fingerprint density at radius 2 is 2.04 bits per heavy atom. The molecule has 1 amide bonds. The number of aliphatic imine (C=N–C) groups is 1.